The molecule has 128 valence electrons. The Balaban J connectivity index is 1.44. The first-order valence-electron chi connectivity index (χ1n) is 9.63. The van der Waals surface area contributed by atoms with Gasteiger partial charge in [-0.1, -0.05) is 55.5 Å². The number of allylic oxidation sites excluding steroid dienone is 7. The maximum atomic E-state index is 11.6. The Morgan fingerprint density at radius 3 is 2.67 bits per heavy atom. The van der Waals surface area contributed by atoms with Gasteiger partial charge >= 0.3 is 5.97 Å². The summed E-state index contributed by atoms with van der Waals surface area (Å²) in [6, 6.07) is 0. The molecule has 2 saturated carbocycles. The first-order chi connectivity index (χ1) is 11.7. The van der Waals surface area contributed by atoms with Gasteiger partial charge in [-0.05, 0) is 67.1 Å². The number of carboxylic acid groups (broad SMARTS) is 1. The summed E-state index contributed by atoms with van der Waals surface area (Å²) >= 11 is 0. The van der Waals surface area contributed by atoms with E-state index in [9.17, 15) is 9.90 Å². The van der Waals surface area contributed by atoms with E-state index in [1.165, 1.54) is 19.3 Å². The molecule has 0 aromatic heterocycles. The predicted molar refractivity (Wildman–Crippen MR) is 96.3 cm³/mol. The highest BCUT2D eigenvalue weighted by atomic mass is 16.4. The van der Waals surface area contributed by atoms with Crippen LogP contribution in [0.2, 0.25) is 0 Å². The fourth-order valence-corrected chi connectivity index (χ4v) is 6.11. The van der Waals surface area contributed by atoms with Crippen LogP contribution in [0.25, 0.3) is 0 Å². The second-order valence-corrected chi connectivity index (χ2v) is 8.01. The summed E-state index contributed by atoms with van der Waals surface area (Å²) in [5.74, 6) is 3.62. The lowest BCUT2D eigenvalue weighted by atomic mass is 9.50. The molecule has 2 fully saturated rings. The monoisotopic (exact) mass is 324 g/mol. The van der Waals surface area contributed by atoms with Crippen molar-refractivity contribution in [2.45, 2.75) is 32.6 Å². The van der Waals surface area contributed by atoms with Crippen LogP contribution in [0.3, 0.4) is 0 Å². The molecule has 2 heteroatoms. The molecule has 0 amide bonds. The lowest BCUT2D eigenvalue weighted by Gasteiger charge is -2.54. The SMILES string of the molecule is CC/C=C\C=C\CC[C@@H]1[C@H]2C=C[C@@H]3[C@@H]4[C@H]2[C@H]1C[C@H]4C=C[C@H]3C(=O)O. The molecule has 0 aromatic rings. The Kier molecular flexibility index (Phi) is 4.24. The molecule has 4 aliphatic carbocycles. The standard InChI is InChI=1S/C22H28O2/c1-2-3-4-5-6-7-8-15-16-11-12-17-18(22(23)24)10-9-14-13-19(15)21(16)20(14)17/h3-6,9-12,14-21H,2,7-8,13H2,1H3,(H,23,24)/b4-3-,6-5+/t14-,15-,16-,17+,18-,19+,20-,21-/m1/s1. The van der Waals surface area contributed by atoms with E-state index in [1.807, 2.05) is 6.08 Å². The van der Waals surface area contributed by atoms with E-state index in [1.54, 1.807) is 0 Å². The molecule has 0 heterocycles. The highest BCUT2D eigenvalue weighted by Gasteiger charge is 2.62. The number of hydrogen-bond donors (Lipinski definition) is 1. The highest BCUT2D eigenvalue weighted by Crippen LogP contribution is 2.67. The van der Waals surface area contributed by atoms with Gasteiger partial charge < -0.3 is 5.11 Å². The fourth-order valence-electron chi connectivity index (χ4n) is 6.11. The van der Waals surface area contributed by atoms with Gasteiger partial charge in [0.1, 0.15) is 0 Å². The van der Waals surface area contributed by atoms with Crippen molar-refractivity contribution in [3.05, 3.63) is 48.6 Å². The second-order valence-electron chi connectivity index (χ2n) is 8.01. The Morgan fingerprint density at radius 1 is 1.08 bits per heavy atom. The minimum atomic E-state index is -0.651. The molecule has 4 aliphatic rings. The lowest BCUT2D eigenvalue weighted by molar-refractivity contribution is -0.143. The van der Waals surface area contributed by atoms with Crippen LogP contribution in [0.5, 0.6) is 0 Å². The van der Waals surface area contributed by atoms with E-state index in [4.69, 9.17) is 0 Å². The van der Waals surface area contributed by atoms with Gasteiger partial charge in [0.05, 0.1) is 5.92 Å². The minimum Gasteiger partial charge on any atom is -0.481 e. The first kappa shape index (κ1) is 15.9. The average molecular weight is 324 g/mol. The van der Waals surface area contributed by atoms with Gasteiger partial charge in [0.2, 0.25) is 0 Å². The fraction of sp³-hybridized carbons (Fsp3) is 0.591. The van der Waals surface area contributed by atoms with Crippen molar-refractivity contribution in [2.75, 3.05) is 0 Å². The van der Waals surface area contributed by atoms with E-state index in [0.717, 1.165) is 24.2 Å². The molecule has 1 N–H and O–H groups in total. The van der Waals surface area contributed by atoms with E-state index < -0.39 is 5.97 Å². The van der Waals surface area contributed by atoms with Crippen LogP contribution >= 0.6 is 0 Å². The van der Waals surface area contributed by atoms with Crippen LogP contribution in [0.4, 0.5) is 0 Å². The Labute approximate surface area is 145 Å². The molecule has 0 saturated heterocycles. The molecule has 8 atom stereocenters. The quantitative estimate of drug-likeness (QED) is 0.559. The molecule has 2 nitrogen and oxygen atoms in total. The second kappa shape index (κ2) is 6.38. The molecule has 0 bridgehead atoms. The van der Waals surface area contributed by atoms with E-state index >= 15 is 0 Å². The molecule has 0 aromatic carbocycles. The summed E-state index contributed by atoms with van der Waals surface area (Å²) in [6.07, 6.45) is 22.5. The molecule has 0 spiro atoms. The van der Waals surface area contributed by atoms with Gasteiger partial charge in [0.15, 0.2) is 0 Å². The van der Waals surface area contributed by atoms with Crippen molar-refractivity contribution in [1.29, 1.82) is 0 Å². The van der Waals surface area contributed by atoms with Crippen LogP contribution in [0.1, 0.15) is 32.6 Å². The van der Waals surface area contributed by atoms with Gasteiger partial charge in [-0.15, -0.1) is 0 Å². The number of rotatable bonds is 6. The van der Waals surface area contributed by atoms with Crippen molar-refractivity contribution in [3.8, 4) is 0 Å². The average Bonchev–Trinajstić information content (AvgIpc) is 2.91. The third-order valence-corrected chi connectivity index (χ3v) is 7.02. The van der Waals surface area contributed by atoms with Gasteiger partial charge in [-0.2, -0.15) is 0 Å². The Hall–Kier alpha value is -1.57. The Bertz CT molecular complexity index is 611. The summed E-state index contributed by atoms with van der Waals surface area (Å²) in [7, 11) is 0. The first-order valence-corrected chi connectivity index (χ1v) is 9.63. The van der Waals surface area contributed by atoms with Crippen LogP contribution in [-0.4, -0.2) is 11.1 Å². The van der Waals surface area contributed by atoms with Gasteiger partial charge in [0.25, 0.3) is 0 Å². The van der Waals surface area contributed by atoms with Crippen molar-refractivity contribution >= 4 is 5.97 Å². The van der Waals surface area contributed by atoms with Gasteiger partial charge in [0, 0.05) is 0 Å². The normalized spacial score (nSPS) is 44.9. The highest BCUT2D eigenvalue weighted by molar-refractivity contribution is 5.73. The molecule has 0 unspecified atom stereocenters. The molecular formula is C22H28O2. The lowest BCUT2D eigenvalue weighted by Crippen LogP contribution is -2.50. The Morgan fingerprint density at radius 2 is 1.88 bits per heavy atom. The summed E-state index contributed by atoms with van der Waals surface area (Å²) in [5, 5.41) is 9.51. The third-order valence-electron chi connectivity index (χ3n) is 7.02. The molecule has 24 heavy (non-hydrogen) atoms. The van der Waals surface area contributed by atoms with E-state index in [-0.39, 0.29) is 11.8 Å². The summed E-state index contributed by atoms with van der Waals surface area (Å²) < 4.78 is 0. The van der Waals surface area contributed by atoms with Crippen LogP contribution in [0.15, 0.2) is 48.6 Å². The van der Waals surface area contributed by atoms with Crippen LogP contribution in [-0.2, 0) is 4.79 Å². The number of aliphatic carboxylic acids is 1. The molecular weight excluding hydrogens is 296 g/mol. The van der Waals surface area contributed by atoms with E-state index in [0.29, 0.717) is 17.8 Å². The van der Waals surface area contributed by atoms with Crippen molar-refractivity contribution in [2.24, 2.45) is 47.3 Å². The van der Waals surface area contributed by atoms with Crippen molar-refractivity contribution < 1.29 is 9.90 Å². The zero-order valence-electron chi connectivity index (χ0n) is 14.4. The van der Waals surface area contributed by atoms with Crippen molar-refractivity contribution in [3.63, 3.8) is 0 Å². The number of carbonyl (C=O) groups is 1. The molecule has 0 aliphatic heterocycles. The number of carboxylic acids is 1. The smallest absolute Gasteiger partial charge is 0.310 e. The summed E-state index contributed by atoms with van der Waals surface area (Å²) in [4.78, 5) is 11.6. The summed E-state index contributed by atoms with van der Waals surface area (Å²) in [6.45, 7) is 2.16. The van der Waals surface area contributed by atoms with Gasteiger partial charge in [-0.25, -0.2) is 0 Å². The van der Waals surface area contributed by atoms with Crippen molar-refractivity contribution in [1.82, 2.24) is 0 Å². The van der Waals surface area contributed by atoms with E-state index in [2.05, 4.69) is 49.5 Å². The maximum absolute atomic E-state index is 11.6. The zero-order chi connectivity index (χ0) is 16.7. The zero-order valence-corrected chi connectivity index (χ0v) is 14.4. The third kappa shape index (κ3) is 2.42. The topological polar surface area (TPSA) is 37.3 Å². The van der Waals surface area contributed by atoms with Crippen LogP contribution in [0, 0.1) is 47.3 Å². The largest absolute Gasteiger partial charge is 0.481 e. The predicted octanol–water partition coefficient (Wildman–Crippen LogP) is 4.86. The maximum Gasteiger partial charge on any atom is 0.310 e. The van der Waals surface area contributed by atoms with Crippen LogP contribution < -0.4 is 0 Å². The molecule has 4 rings (SSSR count). The van der Waals surface area contributed by atoms with Gasteiger partial charge in [-0.3, -0.25) is 4.79 Å². The number of hydrogen-bond acceptors (Lipinski definition) is 1. The minimum absolute atomic E-state index is 0.240. The molecule has 0 radical (unpaired) electrons. The summed E-state index contributed by atoms with van der Waals surface area (Å²) in [5.41, 5.74) is 0.